The summed E-state index contributed by atoms with van der Waals surface area (Å²) in [4.78, 5) is 15.9. The molecule has 0 aromatic heterocycles. The Bertz CT molecular complexity index is 542. The Hall–Kier alpha value is -1.42. The fraction of sp³-hybridized carbons (Fsp3) is 0.846. The third kappa shape index (κ3) is 1.56. The largest absolute Gasteiger partial charge is 0.457 e. The van der Waals surface area contributed by atoms with Gasteiger partial charge in [-0.25, -0.2) is 9.79 Å². The van der Waals surface area contributed by atoms with Gasteiger partial charge >= 0.3 is 5.97 Å². The average Bonchev–Trinajstić information content (AvgIpc) is 2.46. The lowest BCUT2D eigenvalue weighted by molar-refractivity contribution is -0.279. The van der Waals surface area contributed by atoms with E-state index in [1.54, 1.807) is 13.8 Å². The Labute approximate surface area is 126 Å². The minimum atomic E-state index is -1.74. The zero-order valence-electron chi connectivity index (χ0n) is 12.3. The van der Waals surface area contributed by atoms with Gasteiger partial charge in [-0.2, -0.15) is 0 Å². The number of fused-ring (bicyclic) bond motifs is 1. The molecule has 8 unspecified atom stereocenters. The summed E-state index contributed by atoms with van der Waals surface area (Å²) in [5, 5.41) is 44.1. The first kappa shape index (κ1) is 15.5. The van der Waals surface area contributed by atoms with Crippen molar-refractivity contribution in [2.24, 2.45) is 28.5 Å². The Morgan fingerprint density at radius 3 is 2.59 bits per heavy atom. The second kappa shape index (κ2) is 4.54. The molecule has 3 aliphatic rings. The lowest BCUT2D eigenvalue weighted by Crippen LogP contribution is -2.84. The molecule has 124 valence electrons. The monoisotopic (exact) mass is 315 g/mol. The van der Waals surface area contributed by atoms with Gasteiger partial charge in [0.25, 0.3) is 0 Å². The van der Waals surface area contributed by atoms with Crippen molar-refractivity contribution in [2.75, 3.05) is 6.61 Å². The first-order chi connectivity index (χ1) is 10.2. The molecule has 2 aliphatic heterocycles. The summed E-state index contributed by atoms with van der Waals surface area (Å²) in [5.74, 6) is -3.17. The van der Waals surface area contributed by atoms with Gasteiger partial charge in [-0.1, -0.05) is 13.8 Å². The molecule has 3 rings (SSSR count). The van der Waals surface area contributed by atoms with Gasteiger partial charge in [0.2, 0.25) is 0 Å². The summed E-state index contributed by atoms with van der Waals surface area (Å²) in [6.45, 7) is 2.63. The predicted octanol–water partition coefficient (Wildman–Crippen LogP) is -3.13. The van der Waals surface area contributed by atoms with Crippen molar-refractivity contribution in [1.82, 2.24) is 5.32 Å². The molecule has 0 amide bonds. The number of aliphatic hydroxyl groups is 4. The maximum Gasteiger partial charge on any atom is 0.337 e. The van der Waals surface area contributed by atoms with Crippen LogP contribution in [0.2, 0.25) is 0 Å². The van der Waals surface area contributed by atoms with Gasteiger partial charge in [0.1, 0.15) is 11.7 Å². The van der Waals surface area contributed by atoms with E-state index in [2.05, 4.69) is 10.3 Å². The van der Waals surface area contributed by atoms with E-state index in [0.717, 1.165) is 0 Å². The van der Waals surface area contributed by atoms with Crippen LogP contribution in [0, 0.1) is 17.8 Å². The molecule has 7 N–H and O–H groups in total. The molecule has 0 aromatic rings. The van der Waals surface area contributed by atoms with Gasteiger partial charge < -0.3 is 36.2 Å². The molecular formula is C13H21N3O6. The SMILES string of the molecule is CC1C2C(O)N=C(N)NC23C(O)C(=O)OC(C3C)C1(O)CO. The molecule has 2 bridgehead atoms. The van der Waals surface area contributed by atoms with Crippen molar-refractivity contribution in [3.05, 3.63) is 0 Å². The minimum absolute atomic E-state index is 0.0928. The van der Waals surface area contributed by atoms with Crippen LogP contribution in [0.1, 0.15) is 13.8 Å². The van der Waals surface area contributed by atoms with Gasteiger partial charge in [-0.15, -0.1) is 0 Å². The number of nitrogens with zero attached hydrogens (tertiary/aromatic N) is 1. The van der Waals surface area contributed by atoms with Gasteiger partial charge in [-0.05, 0) is 0 Å². The lowest BCUT2D eigenvalue weighted by Gasteiger charge is -2.64. The van der Waals surface area contributed by atoms with Crippen molar-refractivity contribution in [3.8, 4) is 0 Å². The van der Waals surface area contributed by atoms with E-state index >= 15 is 0 Å². The predicted molar refractivity (Wildman–Crippen MR) is 73.2 cm³/mol. The fourth-order valence-corrected chi connectivity index (χ4v) is 4.47. The van der Waals surface area contributed by atoms with E-state index in [1.165, 1.54) is 0 Å². The molecule has 1 spiro atoms. The topological polar surface area (TPSA) is 158 Å². The third-order valence-electron chi connectivity index (χ3n) is 5.69. The number of ether oxygens (including phenoxy) is 1. The Morgan fingerprint density at radius 2 is 2.00 bits per heavy atom. The van der Waals surface area contributed by atoms with Crippen LogP contribution in [-0.2, 0) is 9.53 Å². The molecule has 0 radical (unpaired) electrons. The quantitative estimate of drug-likeness (QED) is 0.277. The zero-order valence-corrected chi connectivity index (χ0v) is 12.3. The third-order valence-corrected chi connectivity index (χ3v) is 5.69. The van der Waals surface area contributed by atoms with Crippen molar-refractivity contribution >= 4 is 11.9 Å². The number of rotatable bonds is 1. The van der Waals surface area contributed by atoms with Crippen molar-refractivity contribution in [1.29, 1.82) is 0 Å². The van der Waals surface area contributed by atoms with Gasteiger partial charge in [0, 0.05) is 17.8 Å². The fourth-order valence-electron chi connectivity index (χ4n) is 4.47. The molecular weight excluding hydrogens is 294 g/mol. The number of aliphatic imine (C=N–C) groups is 1. The Morgan fingerprint density at radius 1 is 1.36 bits per heavy atom. The van der Waals surface area contributed by atoms with E-state index in [1.807, 2.05) is 0 Å². The smallest absolute Gasteiger partial charge is 0.337 e. The number of nitrogens with two attached hydrogens (primary N) is 1. The minimum Gasteiger partial charge on any atom is -0.457 e. The standard InChI is InChI=1S/C13H21N3O6/c1-4-6-9(19)15-11(14)16-13(6)5(2)8(12(4,21)3-17)22-10(20)7(13)18/h4-9,17-19,21H,3H2,1-2H3,(H3,14,15,16). The molecule has 9 heteroatoms. The van der Waals surface area contributed by atoms with Gasteiger partial charge in [0.05, 0.1) is 12.1 Å². The van der Waals surface area contributed by atoms with E-state index in [0.29, 0.717) is 0 Å². The van der Waals surface area contributed by atoms with Crippen molar-refractivity contribution in [2.45, 2.75) is 43.4 Å². The van der Waals surface area contributed by atoms with E-state index < -0.39 is 59.9 Å². The average molecular weight is 315 g/mol. The second-order valence-electron chi connectivity index (χ2n) is 6.50. The molecule has 22 heavy (non-hydrogen) atoms. The molecule has 1 aliphatic carbocycles. The van der Waals surface area contributed by atoms with Crippen LogP contribution in [0.25, 0.3) is 0 Å². The number of hydrogen-bond acceptors (Lipinski definition) is 9. The van der Waals surface area contributed by atoms with Crippen LogP contribution in [0.5, 0.6) is 0 Å². The number of esters is 1. The molecule has 1 saturated carbocycles. The molecule has 1 saturated heterocycles. The van der Waals surface area contributed by atoms with Gasteiger partial charge in [-0.3, -0.25) is 0 Å². The van der Waals surface area contributed by atoms with E-state index in [9.17, 15) is 25.2 Å². The summed E-state index contributed by atoms with van der Waals surface area (Å²) in [7, 11) is 0. The lowest BCUT2D eigenvalue weighted by atomic mass is 9.51. The van der Waals surface area contributed by atoms with Crippen LogP contribution >= 0.6 is 0 Å². The highest BCUT2D eigenvalue weighted by Gasteiger charge is 2.72. The Kier molecular flexibility index (Phi) is 3.19. The summed E-state index contributed by atoms with van der Waals surface area (Å²) in [6.07, 6.45) is -3.93. The van der Waals surface area contributed by atoms with Crippen LogP contribution in [0.3, 0.4) is 0 Å². The van der Waals surface area contributed by atoms with E-state index in [4.69, 9.17) is 10.5 Å². The van der Waals surface area contributed by atoms with Crippen LogP contribution in [-0.4, -0.2) is 68.5 Å². The molecule has 2 heterocycles. The number of hydrogen-bond donors (Lipinski definition) is 6. The number of nitrogens with one attached hydrogen (secondary N) is 1. The number of aliphatic hydroxyl groups excluding tert-OH is 3. The van der Waals surface area contributed by atoms with Gasteiger partial charge in [0.15, 0.2) is 18.3 Å². The highest BCUT2D eigenvalue weighted by Crippen LogP contribution is 2.54. The number of guanidine groups is 1. The number of carbonyl (C=O) groups is 1. The summed E-state index contributed by atoms with van der Waals surface area (Å²) < 4.78 is 5.17. The maximum absolute atomic E-state index is 12.1. The molecule has 9 nitrogen and oxygen atoms in total. The summed E-state index contributed by atoms with van der Waals surface area (Å²) >= 11 is 0. The maximum atomic E-state index is 12.1. The summed E-state index contributed by atoms with van der Waals surface area (Å²) in [6, 6.07) is 0. The summed E-state index contributed by atoms with van der Waals surface area (Å²) in [5.41, 5.74) is 2.63. The zero-order chi connectivity index (χ0) is 16.4. The van der Waals surface area contributed by atoms with Crippen LogP contribution in [0.4, 0.5) is 0 Å². The second-order valence-corrected chi connectivity index (χ2v) is 6.50. The molecule has 2 fully saturated rings. The first-order valence-electron chi connectivity index (χ1n) is 7.21. The van der Waals surface area contributed by atoms with Crippen LogP contribution < -0.4 is 11.1 Å². The molecule has 0 aromatic carbocycles. The first-order valence-corrected chi connectivity index (χ1v) is 7.21. The van der Waals surface area contributed by atoms with E-state index in [-0.39, 0.29) is 5.96 Å². The number of carbonyl (C=O) groups excluding carboxylic acids is 1. The Balaban J connectivity index is 2.22. The van der Waals surface area contributed by atoms with Crippen molar-refractivity contribution < 1.29 is 30.0 Å². The highest BCUT2D eigenvalue weighted by atomic mass is 16.6. The molecule has 8 atom stereocenters. The van der Waals surface area contributed by atoms with Crippen LogP contribution in [0.15, 0.2) is 4.99 Å². The highest BCUT2D eigenvalue weighted by molar-refractivity contribution is 5.84. The normalized spacial score (nSPS) is 53.9. The van der Waals surface area contributed by atoms with Crippen molar-refractivity contribution in [3.63, 3.8) is 0 Å².